The summed E-state index contributed by atoms with van der Waals surface area (Å²) in [5.74, 6) is 1.99. The maximum Gasteiger partial charge on any atom is 0.416 e. The first kappa shape index (κ1) is 21.2. The average molecular weight is 457 g/mol. The van der Waals surface area contributed by atoms with Gasteiger partial charge < -0.3 is 24.3 Å². The summed E-state index contributed by atoms with van der Waals surface area (Å²) in [6.45, 7) is 2.39. The van der Waals surface area contributed by atoms with Gasteiger partial charge in [-0.3, -0.25) is 0 Å². The minimum atomic E-state index is -4.36. The van der Waals surface area contributed by atoms with Crippen LogP contribution in [0.25, 0.3) is 21.9 Å². The van der Waals surface area contributed by atoms with Gasteiger partial charge in [0, 0.05) is 43.3 Å². The highest BCUT2D eigenvalue weighted by Crippen LogP contribution is 2.37. The Bertz CT molecular complexity index is 1310. The van der Waals surface area contributed by atoms with E-state index in [9.17, 15) is 13.2 Å². The quantitative estimate of drug-likeness (QED) is 0.488. The minimum Gasteiger partial charge on any atom is -0.493 e. The third kappa shape index (κ3) is 3.75. The zero-order valence-corrected chi connectivity index (χ0v) is 18.1. The normalized spacial score (nSPS) is 14.8. The molecule has 1 N–H and O–H groups in total. The van der Waals surface area contributed by atoms with Gasteiger partial charge in [0.15, 0.2) is 17.3 Å². The van der Waals surface area contributed by atoms with E-state index in [0.717, 1.165) is 33.8 Å². The summed E-state index contributed by atoms with van der Waals surface area (Å²) in [5.41, 5.74) is 2.37. The number of rotatable bonds is 4. The first-order chi connectivity index (χ1) is 15.9. The smallest absolute Gasteiger partial charge is 0.416 e. The fourth-order valence-corrected chi connectivity index (χ4v) is 4.30. The molecule has 5 rings (SSSR count). The molecule has 7 nitrogen and oxygen atoms in total. The van der Waals surface area contributed by atoms with Crippen LogP contribution in [0.1, 0.15) is 5.56 Å². The molecule has 172 valence electrons. The van der Waals surface area contributed by atoms with E-state index in [4.69, 9.17) is 9.47 Å². The summed E-state index contributed by atoms with van der Waals surface area (Å²) in [4.78, 5) is 16.5. The molecule has 4 aromatic rings. The molecule has 33 heavy (non-hydrogen) atoms. The number of H-pyrrole nitrogens is 1. The van der Waals surface area contributed by atoms with Crippen molar-refractivity contribution in [1.29, 1.82) is 0 Å². The van der Waals surface area contributed by atoms with Crippen molar-refractivity contribution in [2.45, 2.75) is 6.18 Å². The highest BCUT2D eigenvalue weighted by Gasteiger charge is 2.31. The molecule has 0 atom stereocenters. The van der Waals surface area contributed by atoms with E-state index in [1.165, 1.54) is 18.5 Å². The molecule has 0 unspecified atom stereocenters. The molecule has 0 saturated carbocycles. The van der Waals surface area contributed by atoms with Crippen LogP contribution in [0.3, 0.4) is 0 Å². The fourth-order valence-electron chi connectivity index (χ4n) is 4.30. The Kier molecular flexibility index (Phi) is 5.15. The van der Waals surface area contributed by atoms with Crippen molar-refractivity contribution < 1.29 is 22.6 Å². The minimum absolute atomic E-state index is 0.571. The number of fused-ring (bicyclic) bond motifs is 3. The van der Waals surface area contributed by atoms with E-state index < -0.39 is 11.7 Å². The summed E-state index contributed by atoms with van der Waals surface area (Å²) in [6.07, 6.45) is -2.83. The molecule has 1 aliphatic rings. The van der Waals surface area contributed by atoms with Gasteiger partial charge >= 0.3 is 6.18 Å². The number of aromatic amines is 1. The average Bonchev–Trinajstić information content (AvgIpc) is 3.20. The zero-order valence-electron chi connectivity index (χ0n) is 18.1. The number of benzene rings is 2. The van der Waals surface area contributed by atoms with Crippen LogP contribution in [-0.4, -0.2) is 55.4 Å². The lowest BCUT2D eigenvalue weighted by molar-refractivity contribution is -0.137. The van der Waals surface area contributed by atoms with Gasteiger partial charge in [-0.2, -0.15) is 13.2 Å². The number of ether oxygens (including phenoxy) is 2. The summed E-state index contributed by atoms with van der Waals surface area (Å²) in [6, 6.07) is 9.21. The molecule has 0 bridgehead atoms. The molecule has 2 aromatic heterocycles. The molecular formula is C23H22F3N5O2. The van der Waals surface area contributed by atoms with Gasteiger partial charge in [-0.1, -0.05) is 6.07 Å². The number of methoxy groups -OCH3 is 2. The van der Waals surface area contributed by atoms with Crippen molar-refractivity contribution in [3.63, 3.8) is 0 Å². The Morgan fingerprint density at radius 1 is 0.909 bits per heavy atom. The number of aromatic nitrogens is 3. The molecule has 1 fully saturated rings. The van der Waals surface area contributed by atoms with Crippen molar-refractivity contribution in [1.82, 2.24) is 15.0 Å². The van der Waals surface area contributed by atoms with Crippen LogP contribution < -0.4 is 19.3 Å². The predicted molar refractivity (Wildman–Crippen MR) is 120 cm³/mol. The third-order valence-corrected chi connectivity index (χ3v) is 5.98. The van der Waals surface area contributed by atoms with Gasteiger partial charge in [-0.15, -0.1) is 0 Å². The van der Waals surface area contributed by atoms with E-state index in [1.54, 1.807) is 20.3 Å². The van der Waals surface area contributed by atoms with Crippen LogP contribution in [0, 0.1) is 0 Å². The number of nitrogens with one attached hydrogen (secondary N) is 1. The van der Waals surface area contributed by atoms with Crippen LogP contribution in [0.5, 0.6) is 11.5 Å². The number of hydrogen-bond acceptors (Lipinski definition) is 6. The number of anilines is 2. The van der Waals surface area contributed by atoms with Crippen LogP contribution in [0.4, 0.5) is 24.7 Å². The molecule has 1 saturated heterocycles. The van der Waals surface area contributed by atoms with E-state index >= 15 is 0 Å². The van der Waals surface area contributed by atoms with Gasteiger partial charge in [-0.05, 0) is 24.3 Å². The Balaban J connectivity index is 1.43. The second-order valence-corrected chi connectivity index (χ2v) is 7.82. The van der Waals surface area contributed by atoms with Crippen molar-refractivity contribution in [2.75, 3.05) is 50.2 Å². The molecule has 0 amide bonds. The zero-order chi connectivity index (χ0) is 23.2. The molecule has 3 heterocycles. The molecule has 0 aliphatic carbocycles. The summed E-state index contributed by atoms with van der Waals surface area (Å²) in [7, 11) is 3.17. The number of halogens is 3. The van der Waals surface area contributed by atoms with Gasteiger partial charge in [0.25, 0.3) is 0 Å². The van der Waals surface area contributed by atoms with Gasteiger partial charge in [-0.25, -0.2) is 9.97 Å². The van der Waals surface area contributed by atoms with Crippen molar-refractivity contribution in [3.8, 4) is 11.5 Å². The lowest BCUT2D eigenvalue weighted by Crippen LogP contribution is -2.47. The maximum absolute atomic E-state index is 13.1. The first-order valence-electron chi connectivity index (χ1n) is 10.4. The number of hydrogen-bond donors (Lipinski definition) is 1. The van der Waals surface area contributed by atoms with Gasteiger partial charge in [0.2, 0.25) is 0 Å². The van der Waals surface area contributed by atoms with Crippen LogP contribution in [0.15, 0.2) is 42.7 Å². The molecular weight excluding hydrogens is 435 g/mol. The second-order valence-electron chi connectivity index (χ2n) is 7.82. The lowest BCUT2D eigenvalue weighted by atomic mass is 10.1. The van der Waals surface area contributed by atoms with Gasteiger partial charge in [0.1, 0.15) is 17.4 Å². The van der Waals surface area contributed by atoms with E-state index in [1.807, 2.05) is 17.0 Å². The third-order valence-electron chi connectivity index (χ3n) is 5.98. The maximum atomic E-state index is 13.1. The van der Waals surface area contributed by atoms with Crippen molar-refractivity contribution >= 4 is 33.4 Å². The Morgan fingerprint density at radius 2 is 1.61 bits per heavy atom. The van der Waals surface area contributed by atoms with Crippen LogP contribution in [0.2, 0.25) is 0 Å². The van der Waals surface area contributed by atoms with Crippen molar-refractivity contribution in [2.24, 2.45) is 0 Å². The first-order valence-corrected chi connectivity index (χ1v) is 10.4. The molecule has 2 aromatic carbocycles. The molecule has 10 heteroatoms. The summed E-state index contributed by atoms with van der Waals surface area (Å²) in [5, 5.41) is 0.897. The Morgan fingerprint density at radius 3 is 2.30 bits per heavy atom. The number of alkyl halides is 3. The summed E-state index contributed by atoms with van der Waals surface area (Å²) >= 11 is 0. The highest BCUT2D eigenvalue weighted by atomic mass is 19.4. The summed E-state index contributed by atoms with van der Waals surface area (Å²) < 4.78 is 50.1. The second kappa shape index (κ2) is 8.02. The number of nitrogens with zero attached hydrogens (tertiary/aromatic N) is 4. The highest BCUT2D eigenvalue weighted by molar-refractivity contribution is 6.09. The fraction of sp³-hybridized carbons (Fsp3) is 0.304. The Labute approximate surface area is 187 Å². The lowest BCUT2D eigenvalue weighted by Gasteiger charge is -2.37. The van der Waals surface area contributed by atoms with E-state index in [-0.39, 0.29) is 0 Å². The topological polar surface area (TPSA) is 66.5 Å². The van der Waals surface area contributed by atoms with Gasteiger partial charge in [0.05, 0.1) is 25.3 Å². The molecule has 0 radical (unpaired) electrons. The predicted octanol–water partition coefficient (Wildman–Crippen LogP) is 4.47. The molecule has 0 spiro atoms. The van der Waals surface area contributed by atoms with E-state index in [0.29, 0.717) is 43.4 Å². The largest absolute Gasteiger partial charge is 0.493 e. The SMILES string of the molecule is COc1cc2[nH]c3c(N4CCN(c5cccc(C(F)(F)F)c5)CC4)ncnc3c2cc1OC. The number of piperazine rings is 1. The van der Waals surface area contributed by atoms with Crippen LogP contribution >= 0.6 is 0 Å². The van der Waals surface area contributed by atoms with Crippen LogP contribution in [-0.2, 0) is 6.18 Å². The molecule has 1 aliphatic heterocycles. The standard InChI is InChI=1S/C23H22F3N5O2/c1-32-18-11-16-17(12-19(18)33-2)29-21-20(16)27-13-28-22(21)31-8-6-30(7-9-31)15-5-3-4-14(10-15)23(24,25)26/h3-5,10-13,29H,6-9H2,1-2H3. The van der Waals surface area contributed by atoms with Crippen molar-refractivity contribution in [3.05, 3.63) is 48.3 Å². The monoisotopic (exact) mass is 457 g/mol. The Hall–Kier alpha value is -3.69. The van der Waals surface area contributed by atoms with E-state index in [2.05, 4.69) is 19.9 Å².